The van der Waals surface area contributed by atoms with Gasteiger partial charge in [0.2, 0.25) is 0 Å². The van der Waals surface area contributed by atoms with Gasteiger partial charge in [0.1, 0.15) is 4.90 Å². The van der Waals surface area contributed by atoms with Gasteiger partial charge in [-0.15, -0.1) is 0 Å². The average Bonchev–Trinajstić information content (AvgIpc) is 2.75. The van der Waals surface area contributed by atoms with Gasteiger partial charge in [0.05, 0.1) is 34.7 Å². The molecule has 0 bridgehead atoms. The molecule has 0 amide bonds. The van der Waals surface area contributed by atoms with E-state index in [0.29, 0.717) is 28.5 Å². The van der Waals surface area contributed by atoms with Gasteiger partial charge in [-0.25, -0.2) is 8.42 Å². The lowest BCUT2D eigenvalue weighted by Crippen LogP contribution is -2.13. The Hall–Kier alpha value is -3.65. The molecule has 0 fully saturated rings. The lowest BCUT2D eigenvalue weighted by Gasteiger charge is -2.09. The molecule has 1 N–H and O–H groups in total. The monoisotopic (exact) mass is 389 g/mol. The SMILES string of the molecule is O=S(=O)(Nc1ccc(-c2ccccn2)nc1)c1ccc(-c2ccccn2)nc1. The van der Waals surface area contributed by atoms with Crippen molar-refractivity contribution in [1.29, 1.82) is 0 Å². The Kier molecular flexibility index (Phi) is 4.77. The van der Waals surface area contributed by atoms with Crippen molar-refractivity contribution in [2.24, 2.45) is 0 Å². The van der Waals surface area contributed by atoms with Crippen molar-refractivity contribution >= 4 is 15.7 Å². The van der Waals surface area contributed by atoms with E-state index in [1.807, 2.05) is 30.3 Å². The Morgan fingerprint density at radius 2 is 1.18 bits per heavy atom. The van der Waals surface area contributed by atoms with E-state index in [9.17, 15) is 8.42 Å². The first-order chi connectivity index (χ1) is 13.6. The van der Waals surface area contributed by atoms with Crippen LogP contribution in [0, 0.1) is 0 Å². The molecule has 0 aromatic carbocycles. The summed E-state index contributed by atoms with van der Waals surface area (Å²) in [6, 6.07) is 17.4. The molecule has 0 unspecified atom stereocenters. The second-order valence-electron chi connectivity index (χ2n) is 5.85. The van der Waals surface area contributed by atoms with Crippen molar-refractivity contribution in [2.75, 3.05) is 4.72 Å². The molecule has 8 heteroatoms. The van der Waals surface area contributed by atoms with E-state index in [0.717, 1.165) is 0 Å². The molecule has 28 heavy (non-hydrogen) atoms. The third-order valence-corrected chi connectivity index (χ3v) is 5.28. The maximum Gasteiger partial charge on any atom is 0.263 e. The molecule has 0 aliphatic heterocycles. The molecule has 0 spiro atoms. The van der Waals surface area contributed by atoms with E-state index in [2.05, 4.69) is 24.7 Å². The van der Waals surface area contributed by atoms with Gasteiger partial charge in [-0.1, -0.05) is 12.1 Å². The van der Waals surface area contributed by atoms with Gasteiger partial charge in [-0.2, -0.15) is 0 Å². The molecule has 138 valence electrons. The summed E-state index contributed by atoms with van der Waals surface area (Å²) >= 11 is 0. The number of sulfonamides is 1. The van der Waals surface area contributed by atoms with Gasteiger partial charge >= 0.3 is 0 Å². The standard InChI is InChI=1S/C20H15N5O2S/c26-28(27,16-8-10-20(24-14-16)18-6-2-4-12-22-18)25-15-7-9-19(23-13-15)17-5-1-3-11-21-17/h1-14,25H. The highest BCUT2D eigenvalue weighted by atomic mass is 32.2. The van der Waals surface area contributed by atoms with Crippen molar-refractivity contribution in [3.63, 3.8) is 0 Å². The molecular weight excluding hydrogens is 374 g/mol. The van der Waals surface area contributed by atoms with Gasteiger partial charge in [0.15, 0.2) is 0 Å². The van der Waals surface area contributed by atoms with Gasteiger partial charge in [-0.3, -0.25) is 24.7 Å². The number of hydrogen-bond acceptors (Lipinski definition) is 6. The smallest absolute Gasteiger partial charge is 0.263 e. The molecule has 0 aliphatic carbocycles. The molecule has 0 saturated heterocycles. The Labute approximate surface area is 162 Å². The zero-order chi connectivity index (χ0) is 19.4. The van der Waals surface area contributed by atoms with Crippen LogP contribution in [0.1, 0.15) is 0 Å². The zero-order valence-corrected chi connectivity index (χ0v) is 15.4. The van der Waals surface area contributed by atoms with Crippen LogP contribution < -0.4 is 4.72 Å². The highest BCUT2D eigenvalue weighted by molar-refractivity contribution is 7.92. The fraction of sp³-hybridized carbons (Fsp3) is 0. The van der Waals surface area contributed by atoms with Crippen LogP contribution in [-0.4, -0.2) is 28.4 Å². The molecule has 7 nitrogen and oxygen atoms in total. The first-order valence-corrected chi connectivity index (χ1v) is 9.88. The van der Waals surface area contributed by atoms with Gasteiger partial charge in [0.25, 0.3) is 10.0 Å². The van der Waals surface area contributed by atoms with Gasteiger partial charge < -0.3 is 0 Å². The summed E-state index contributed by atoms with van der Waals surface area (Å²) in [6.07, 6.45) is 6.10. The molecular formula is C20H15N5O2S. The third-order valence-electron chi connectivity index (χ3n) is 3.92. The van der Waals surface area contributed by atoms with Gasteiger partial charge in [-0.05, 0) is 48.5 Å². The van der Waals surface area contributed by atoms with Crippen molar-refractivity contribution < 1.29 is 8.42 Å². The third kappa shape index (κ3) is 3.86. The Balaban J connectivity index is 1.52. The molecule has 4 heterocycles. The summed E-state index contributed by atoms with van der Waals surface area (Å²) in [5.41, 5.74) is 3.00. The number of nitrogens with one attached hydrogen (secondary N) is 1. The molecule has 0 aliphatic rings. The van der Waals surface area contributed by atoms with Crippen LogP contribution in [-0.2, 0) is 10.0 Å². The average molecular weight is 389 g/mol. The first-order valence-electron chi connectivity index (χ1n) is 8.39. The quantitative estimate of drug-likeness (QED) is 0.562. The Morgan fingerprint density at radius 3 is 1.64 bits per heavy atom. The highest BCUT2D eigenvalue weighted by Gasteiger charge is 2.15. The van der Waals surface area contributed by atoms with Crippen LogP contribution in [0.3, 0.4) is 0 Å². The summed E-state index contributed by atoms with van der Waals surface area (Å²) in [5, 5.41) is 0. The molecule has 4 rings (SSSR count). The van der Waals surface area contributed by atoms with E-state index in [1.165, 1.54) is 18.5 Å². The van der Waals surface area contributed by atoms with Crippen LogP contribution >= 0.6 is 0 Å². The number of nitrogens with zero attached hydrogens (tertiary/aromatic N) is 4. The summed E-state index contributed by atoms with van der Waals surface area (Å²) in [7, 11) is -3.78. The minimum absolute atomic E-state index is 0.0565. The van der Waals surface area contributed by atoms with Crippen LogP contribution in [0.4, 0.5) is 5.69 Å². The molecule has 4 aromatic rings. The van der Waals surface area contributed by atoms with Crippen molar-refractivity contribution in [2.45, 2.75) is 4.90 Å². The minimum atomic E-state index is -3.78. The Bertz CT molecular complexity index is 1160. The normalized spacial score (nSPS) is 11.1. The predicted molar refractivity (Wildman–Crippen MR) is 106 cm³/mol. The second kappa shape index (κ2) is 7.53. The second-order valence-corrected chi connectivity index (χ2v) is 7.53. The summed E-state index contributed by atoms with van der Waals surface area (Å²) in [6.45, 7) is 0. The number of rotatable bonds is 5. The van der Waals surface area contributed by atoms with Crippen LogP contribution in [0.25, 0.3) is 22.8 Å². The van der Waals surface area contributed by atoms with Gasteiger partial charge in [0, 0.05) is 18.6 Å². The van der Waals surface area contributed by atoms with E-state index >= 15 is 0 Å². The Morgan fingerprint density at radius 1 is 0.607 bits per heavy atom. The van der Waals surface area contributed by atoms with E-state index in [1.54, 1.807) is 36.7 Å². The van der Waals surface area contributed by atoms with Crippen molar-refractivity contribution in [3.8, 4) is 22.8 Å². The lowest BCUT2D eigenvalue weighted by atomic mass is 10.2. The maximum absolute atomic E-state index is 12.6. The lowest BCUT2D eigenvalue weighted by molar-refractivity contribution is 0.601. The molecule has 0 saturated carbocycles. The van der Waals surface area contributed by atoms with Crippen LogP contribution in [0.2, 0.25) is 0 Å². The van der Waals surface area contributed by atoms with Crippen molar-refractivity contribution in [1.82, 2.24) is 19.9 Å². The largest absolute Gasteiger partial charge is 0.278 e. The number of aromatic nitrogens is 4. The highest BCUT2D eigenvalue weighted by Crippen LogP contribution is 2.20. The minimum Gasteiger partial charge on any atom is -0.278 e. The summed E-state index contributed by atoms with van der Waals surface area (Å²) < 4.78 is 27.7. The fourth-order valence-corrected chi connectivity index (χ4v) is 3.53. The van der Waals surface area contributed by atoms with Crippen LogP contribution in [0.5, 0.6) is 0 Å². The molecule has 0 atom stereocenters. The van der Waals surface area contributed by atoms with Crippen LogP contribution in [0.15, 0.2) is 90.3 Å². The fourth-order valence-electron chi connectivity index (χ4n) is 2.54. The zero-order valence-electron chi connectivity index (χ0n) is 14.6. The topological polar surface area (TPSA) is 97.7 Å². The first kappa shape index (κ1) is 17.7. The van der Waals surface area contributed by atoms with Crippen molar-refractivity contribution in [3.05, 3.63) is 85.5 Å². The molecule has 4 aromatic heterocycles. The molecule has 0 radical (unpaired) electrons. The summed E-state index contributed by atoms with van der Waals surface area (Å²) in [5.74, 6) is 0. The maximum atomic E-state index is 12.6. The van der Waals surface area contributed by atoms with E-state index in [-0.39, 0.29) is 4.90 Å². The number of anilines is 1. The number of hydrogen-bond donors (Lipinski definition) is 1. The van der Waals surface area contributed by atoms with E-state index < -0.39 is 10.0 Å². The predicted octanol–water partition coefficient (Wildman–Crippen LogP) is 3.40. The summed E-state index contributed by atoms with van der Waals surface area (Å²) in [4.78, 5) is 16.9. The van der Waals surface area contributed by atoms with E-state index in [4.69, 9.17) is 0 Å². The number of pyridine rings is 4.